The molecule has 2 N–H and O–H groups in total. The number of nitrogens with zero attached hydrogens (tertiary/aromatic N) is 1. The summed E-state index contributed by atoms with van der Waals surface area (Å²) in [5.74, 6) is 1.30. The molecule has 1 heterocycles. The maximum atomic E-state index is 10.4. The molecule has 1 aliphatic heterocycles. The van der Waals surface area contributed by atoms with Crippen molar-refractivity contribution in [3.8, 4) is 0 Å². The van der Waals surface area contributed by atoms with Crippen molar-refractivity contribution in [2.24, 2.45) is 17.8 Å². The number of amides is 1. The van der Waals surface area contributed by atoms with E-state index in [2.05, 4.69) is 0 Å². The number of piperidine rings is 1. The Kier molecular flexibility index (Phi) is 1.32. The van der Waals surface area contributed by atoms with Crippen molar-refractivity contribution in [2.75, 3.05) is 19.7 Å². The summed E-state index contributed by atoms with van der Waals surface area (Å²) in [5, 5.41) is 17.3. The van der Waals surface area contributed by atoms with Gasteiger partial charge in [0.2, 0.25) is 0 Å². The van der Waals surface area contributed by atoms with Gasteiger partial charge in [0.05, 0.1) is 0 Å². The van der Waals surface area contributed by atoms with Crippen LogP contribution >= 0.6 is 0 Å². The second kappa shape index (κ2) is 2.11. The lowest BCUT2D eigenvalue weighted by Crippen LogP contribution is -2.30. The first-order valence-corrected chi connectivity index (χ1v) is 3.82. The second-order valence-corrected chi connectivity index (χ2v) is 3.36. The van der Waals surface area contributed by atoms with Crippen LogP contribution in [0.15, 0.2) is 0 Å². The van der Waals surface area contributed by atoms with Crippen LogP contribution in [0.1, 0.15) is 0 Å². The van der Waals surface area contributed by atoms with Crippen LogP contribution in [-0.2, 0) is 0 Å². The van der Waals surface area contributed by atoms with Crippen LogP contribution in [0.25, 0.3) is 0 Å². The van der Waals surface area contributed by atoms with E-state index >= 15 is 0 Å². The number of fused-ring (bicyclic) bond motifs is 1. The maximum Gasteiger partial charge on any atom is 0.407 e. The maximum absolute atomic E-state index is 10.4. The lowest BCUT2D eigenvalue weighted by molar-refractivity contribution is 0.144. The zero-order valence-corrected chi connectivity index (χ0v) is 6.10. The fraction of sp³-hybridized carbons (Fsp3) is 0.857. The number of likely N-dealkylation sites (tertiary alicyclic amines) is 1. The Labute approximate surface area is 64.4 Å². The topological polar surface area (TPSA) is 60.8 Å². The molecule has 2 rings (SSSR count). The highest BCUT2D eigenvalue weighted by Crippen LogP contribution is 2.51. The number of carbonyl (C=O) groups is 1. The van der Waals surface area contributed by atoms with E-state index in [-0.39, 0.29) is 6.61 Å². The van der Waals surface area contributed by atoms with Crippen molar-refractivity contribution in [3.05, 3.63) is 0 Å². The Morgan fingerprint density at radius 1 is 1.45 bits per heavy atom. The molecule has 0 bridgehead atoms. The summed E-state index contributed by atoms with van der Waals surface area (Å²) in [4.78, 5) is 11.9. The molecule has 1 unspecified atom stereocenters. The molecule has 62 valence electrons. The van der Waals surface area contributed by atoms with Crippen molar-refractivity contribution >= 4 is 6.09 Å². The van der Waals surface area contributed by atoms with Crippen LogP contribution in [0.4, 0.5) is 4.79 Å². The molecule has 0 radical (unpaired) electrons. The second-order valence-electron chi connectivity index (χ2n) is 3.36. The first kappa shape index (κ1) is 6.91. The van der Waals surface area contributed by atoms with Gasteiger partial charge in [-0.05, 0) is 17.8 Å². The minimum atomic E-state index is -0.825. The van der Waals surface area contributed by atoms with E-state index in [1.807, 2.05) is 0 Å². The predicted molar refractivity (Wildman–Crippen MR) is 37.2 cm³/mol. The molecule has 2 aliphatic rings. The quantitative estimate of drug-likeness (QED) is 0.555. The molecule has 3 atom stereocenters. The Bertz CT molecular complexity index is 182. The van der Waals surface area contributed by atoms with E-state index in [0.29, 0.717) is 30.8 Å². The third-order valence-electron chi connectivity index (χ3n) is 2.85. The third kappa shape index (κ3) is 0.894. The van der Waals surface area contributed by atoms with Gasteiger partial charge in [-0.25, -0.2) is 4.79 Å². The highest BCUT2D eigenvalue weighted by molar-refractivity contribution is 5.65. The Morgan fingerprint density at radius 3 is 2.36 bits per heavy atom. The van der Waals surface area contributed by atoms with E-state index in [1.54, 1.807) is 0 Å². The molecule has 0 spiro atoms. The zero-order chi connectivity index (χ0) is 8.01. The summed E-state index contributed by atoms with van der Waals surface area (Å²) in [5.41, 5.74) is 0. The number of aliphatic hydroxyl groups is 1. The average molecular weight is 157 g/mol. The largest absolute Gasteiger partial charge is 0.465 e. The van der Waals surface area contributed by atoms with E-state index < -0.39 is 6.09 Å². The van der Waals surface area contributed by atoms with Crippen molar-refractivity contribution in [1.29, 1.82) is 0 Å². The average Bonchev–Trinajstić information content (AvgIpc) is 2.41. The first-order valence-electron chi connectivity index (χ1n) is 3.82. The van der Waals surface area contributed by atoms with E-state index in [9.17, 15) is 4.79 Å². The molecular formula is C7H11NO3. The Morgan fingerprint density at radius 2 is 2.00 bits per heavy atom. The predicted octanol–water partition coefficient (Wildman–Crippen LogP) is -0.165. The number of hydrogen-bond acceptors (Lipinski definition) is 2. The highest BCUT2D eigenvalue weighted by atomic mass is 16.4. The Balaban J connectivity index is 1.89. The van der Waals surface area contributed by atoms with Gasteiger partial charge in [0.1, 0.15) is 0 Å². The van der Waals surface area contributed by atoms with Gasteiger partial charge in [0.15, 0.2) is 0 Å². The van der Waals surface area contributed by atoms with Crippen LogP contribution in [0, 0.1) is 17.8 Å². The van der Waals surface area contributed by atoms with Crippen LogP contribution in [-0.4, -0.2) is 40.9 Å². The molecule has 4 heteroatoms. The molecule has 0 aromatic rings. The van der Waals surface area contributed by atoms with E-state index in [1.165, 1.54) is 4.90 Å². The summed E-state index contributed by atoms with van der Waals surface area (Å²) in [6.45, 7) is 1.49. The first-order chi connectivity index (χ1) is 5.24. The normalized spacial score (nSPS) is 40.5. The highest BCUT2D eigenvalue weighted by Gasteiger charge is 2.56. The van der Waals surface area contributed by atoms with Crippen molar-refractivity contribution in [2.45, 2.75) is 0 Å². The van der Waals surface area contributed by atoms with Crippen molar-refractivity contribution in [1.82, 2.24) is 4.90 Å². The van der Waals surface area contributed by atoms with Crippen LogP contribution < -0.4 is 0 Å². The molecule has 0 aromatic heterocycles. The molecule has 1 saturated carbocycles. The smallest absolute Gasteiger partial charge is 0.407 e. The molecule has 0 aromatic carbocycles. The van der Waals surface area contributed by atoms with Gasteiger partial charge in [-0.1, -0.05) is 0 Å². The summed E-state index contributed by atoms with van der Waals surface area (Å²) in [6, 6.07) is 0. The molecule has 1 amide bonds. The lowest BCUT2D eigenvalue weighted by Gasteiger charge is -2.14. The van der Waals surface area contributed by atoms with Crippen LogP contribution in [0.3, 0.4) is 0 Å². The Hall–Kier alpha value is -0.770. The third-order valence-corrected chi connectivity index (χ3v) is 2.85. The summed E-state index contributed by atoms with van der Waals surface area (Å²) >= 11 is 0. The summed E-state index contributed by atoms with van der Waals surface area (Å²) < 4.78 is 0. The zero-order valence-electron chi connectivity index (χ0n) is 6.10. The number of hydrogen-bond donors (Lipinski definition) is 2. The van der Waals surface area contributed by atoms with Gasteiger partial charge in [0, 0.05) is 19.7 Å². The SMILES string of the molecule is O=C(O)N1C[C@@H]2C(CO)[C@@H]2C1. The minimum Gasteiger partial charge on any atom is -0.465 e. The van der Waals surface area contributed by atoms with Crippen LogP contribution in [0.5, 0.6) is 0 Å². The van der Waals surface area contributed by atoms with Gasteiger partial charge in [-0.2, -0.15) is 0 Å². The fourth-order valence-electron chi connectivity index (χ4n) is 2.08. The van der Waals surface area contributed by atoms with E-state index in [4.69, 9.17) is 10.2 Å². The lowest BCUT2D eigenvalue weighted by atomic mass is 10.3. The van der Waals surface area contributed by atoms with Crippen molar-refractivity contribution in [3.63, 3.8) is 0 Å². The van der Waals surface area contributed by atoms with Gasteiger partial charge >= 0.3 is 6.09 Å². The molecule has 1 saturated heterocycles. The standard InChI is InChI=1S/C7H11NO3/c9-3-6-4-1-8(7(10)11)2-5(4)6/h4-6,9H,1-3H2,(H,10,11)/t4-,5+,6?. The number of aliphatic hydroxyl groups excluding tert-OH is 1. The molecule has 1 aliphatic carbocycles. The molecule has 2 fully saturated rings. The fourth-order valence-corrected chi connectivity index (χ4v) is 2.08. The van der Waals surface area contributed by atoms with Crippen molar-refractivity contribution < 1.29 is 15.0 Å². The van der Waals surface area contributed by atoms with Crippen LogP contribution in [0.2, 0.25) is 0 Å². The summed E-state index contributed by atoms with van der Waals surface area (Å²) in [7, 11) is 0. The molecular weight excluding hydrogens is 146 g/mol. The van der Waals surface area contributed by atoms with Gasteiger partial charge in [0.25, 0.3) is 0 Å². The van der Waals surface area contributed by atoms with Gasteiger partial charge in [-0.15, -0.1) is 0 Å². The van der Waals surface area contributed by atoms with Gasteiger partial charge < -0.3 is 15.1 Å². The summed E-state index contributed by atoms with van der Waals surface area (Å²) in [6.07, 6.45) is -0.825. The van der Waals surface area contributed by atoms with Gasteiger partial charge in [-0.3, -0.25) is 0 Å². The minimum absolute atomic E-state index is 0.225. The molecule has 4 nitrogen and oxygen atoms in total. The molecule has 11 heavy (non-hydrogen) atoms. The number of rotatable bonds is 1. The van der Waals surface area contributed by atoms with E-state index in [0.717, 1.165) is 0 Å². The monoisotopic (exact) mass is 157 g/mol. The number of carboxylic acid groups (broad SMARTS) is 1.